The number of benzene rings is 3. The zero-order valence-corrected chi connectivity index (χ0v) is 37.7. The van der Waals surface area contributed by atoms with E-state index in [-0.39, 0.29) is 54.4 Å². The van der Waals surface area contributed by atoms with E-state index >= 15 is 0 Å². The van der Waals surface area contributed by atoms with E-state index in [2.05, 4.69) is 160 Å². The van der Waals surface area contributed by atoms with Gasteiger partial charge < -0.3 is 0 Å². The first kappa shape index (κ1) is 41.5. The van der Waals surface area contributed by atoms with E-state index < -0.39 is 16.1 Å². The van der Waals surface area contributed by atoms with Gasteiger partial charge in [0.2, 0.25) is 0 Å². The summed E-state index contributed by atoms with van der Waals surface area (Å²) in [5.41, 5.74) is 10.7. The summed E-state index contributed by atoms with van der Waals surface area (Å²) in [6.45, 7) is 27.9. The fraction of sp³-hybridized carbons (Fsp3) is 0.383. The minimum atomic E-state index is -1.59. The van der Waals surface area contributed by atoms with E-state index in [9.17, 15) is 4.79 Å². The van der Waals surface area contributed by atoms with E-state index in [1.54, 1.807) is 0 Å². The Bertz CT molecular complexity index is 1830. The number of carbonyl (C=O) groups excluding carboxylic acids is 1. The number of ketones is 1. The number of hydrogen-bond acceptors (Lipinski definition) is 1. The Balaban J connectivity index is 0.000000171. The van der Waals surface area contributed by atoms with Gasteiger partial charge in [-0.1, -0.05) is 174 Å². The van der Waals surface area contributed by atoms with Crippen LogP contribution in [-0.2, 0) is 0 Å². The smallest absolute Gasteiger partial charge is 0.289 e. The molecule has 0 heterocycles. The van der Waals surface area contributed by atoms with Crippen LogP contribution in [0.5, 0.6) is 0 Å². The van der Waals surface area contributed by atoms with Crippen molar-refractivity contribution in [2.24, 2.45) is 10.8 Å². The predicted molar refractivity (Wildman–Crippen MR) is 227 cm³/mol. The van der Waals surface area contributed by atoms with Gasteiger partial charge in [0.1, 0.15) is 0 Å². The number of Topliss-reactive ketones (excluding diaryl/α,β-unsaturated/α-hetero) is 1. The number of rotatable bonds is 4. The fourth-order valence-electron chi connectivity index (χ4n) is 8.12. The van der Waals surface area contributed by atoms with Gasteiger partial charge in [-0.3, -0.25) is 16.9 Å². The molecule has 0 unspecified atom stereocenters. The molecule has 262 valence electrons. The summed E-state index contributed by atoms with van der Waals surface area (Å²) in [5, 5.41) is 5.99. The van der Waals surface area contributed by atoms with Crippen molar-refractivity contribution in [2.45, 2.75) is 107 Å². The van der Waals surface area contributed by atoms with Crippen molar-refractivity contribution in [3.8, 4) is 0 Å². The Morgan fingerprint density at radius 2 is 0.882 bits per heavy atom. The van der Waals surface area contributed by atoms with Gasteiger partial charge in [0.25, 0.3) is 0 Å². The molecule has 0 saturated carbocycles. The van der Waals surface area contributed by atoms with E-state index in [0.29, 0.717) is 0 Å². The Morgan fingerprint density at radius 3 is 1.25 bits per heavy atom. The summed E-state index contributed by atoms with van der Waals surface area (Å²) in [7, 11) is -3.18. The Kier molecular flexibility index (Phi) is 13.0. The largest absolute Gasteiger partial charge is 2.00 e. The second kappa shape index (κ2) is 16.0. The molecular formula is C47H58CaOSi2. The number of allylic oxidation sites excluding steroid dienone is 10. The maximum Gasteiger partial charge on any atom is 2.00 e. The second-order valence-electron chi connectivity index (χ2n) is 16.8. The van der Waals surface area contributed by atoms with Gasteiger partial charge in [0, 0.05) is 11.1 Å². The maximum absolute atomic E-state index is 12.0. The topological polar surface area (TPSA) is 17.1 Å². The van der Waals surface area contributed by atoms with Gasteiger partial charge in [-0.25, -0.2) is 21.5 Å². The summed E-state index contributed by atoms with van der Waals surface area (Å²) >= 11 is 0. The third-order valence-corrected chi connectivity index (χ3v) is 19.2. The monoisotopic (exact) mass is 734 g/mol. The Morgan fingerprint density at radius 1 is 0.529 bits per heavy atom. The van der Waals surface area contributed by atoms with E-state index in [4.69, 9.17) is 0 Å². The van der Waals surface area contributed by atoms with Crippen LogP contribution >= 0.6 is 0 Å². The molecule has 0 spiro atoms. The molecule has 4 aliphatic carbocycles. The van der Waals surface area contributed by atoms with Crippen molar-refractivity contribution in [1.29, 1.82) is 0 Å². The van der Waals surface area contributed by atoms with Crippen LogP contribution in [0.2, 0.25) is 26.2 Å². The van der Waals surface area contributed by atoms with Gasteiger partial charge in [0.15, 0.2) is 5.78 Å². The molecule has 1 nitrogen and oxygen atoms in total. The zero-order chi connectivity index (χ0) is 36.6. The molecule has 0 saturated heterocycles. The molecule has 7 rings (SSSR count). The molecule has 3 aromatic carbocycles. The molecule has 0 bridgehead atoms. The van der Waals surface area contributed by atoms with E-state index in [1.165, 1.54) is 67.0 Å². The molecular weight excluding hydrogens is 677 g/mol. The molecule has 4 aliphatic rings. The molecule has 0 N–H and O–H groups in total. The molecule has 0 atom stereocenters. The van der Waals surface area contributed by atoms with Gasteiger partial charge in [-0.15, -0.1) is 13.8 Å². The maximum atomic E-state index is 12.0. The summed E-state index contributed by atoms with van der Waals surface area (Å²) in [4.78, 5) is 12.0. The van der Waals surface area contributed by atoms with Crippen LogP contribution in [0.3, 0.4) is 0 Å². The summed E-state index contributed by atoms with van der Waals surface area (Å²) in [6.07, 6.45) is 12.0. The average molecular weight is 735 g/mol. The molecule has 0 aromatic heterocycles. The fourth-order valence-corrected chi connectivity index (χ4v) is 14.2. The van der Waals surface area contributed by atoms with Crippen molar-refractivity contribution < 1.29 is 4.79 Å². The standard InChI is InChI=1S/2C17H23Si.C13H12O.Ca/c2*1-13-14(2)17(3,4)12-16(13)18(5,6)15-10-8-7-9-11-15;14-13-11-7-3-1-5-9(11)10-6-2-4-8-12(10)13;/h2*7-11H,1-6H3;1,3,5,7H,2,4,6,8H2;/q2*-1;;+2. The summed E-state index contributed by atoms with van der Waals surface area (Å²) in [5.74, 6) is 0.287. The van der Waals surface area contributed by atoms with E-state index in [1.807, 2.05) is 18.2 Å². The molecule has 51 heavy (non-hydrogen) atoms. The number of fused-ring (bicyclic) bond motifs is 2. The van der Waals surface area contributed by atoms with E-state index in [0.717, 1.165) is 24.0 Å². The molecule has 0 radical (unpaired) electrons. The normalized spacial score (nSPS) is 18.9. The molecule has 0 fully saturated rings. The minimum Gasteiger partial charge on any atom is -0.289 e. The Hall–Kier alpha value is -2.28. The minimum absolute atomic E-state index is 0. The van der Waals surface area contributed by atoms with Gasteiger partial charge in [0.05, 0.1) is 16.1 Å². The summed E-state index contributed by atoms with van der Waals surface area (Å²) in [6, 6.07) is 29.9. The van der Waals surface area contributed by atoms with Gasteiger partial charge >= 0.3 is 37.7 Å². The molecule has 3 aromatic rings. The average Bonchev–Trinajstić information content (AvgIpc) is 3.61. The van der Waals surface area contributed by atoms with Crippen molar-refractivity contribution in [2.75, 3.05) is 0 Å². The predicted octanol–water partition coefficient (Wildman–Crippen LogP) is 11.3. The first-order valence-electron chi connectivity index (χ1n) is 18.6. The van der Waals surface area contributed by atoms with Crippen molar-refractivity contribution in [1.82, 2.24) is 0 Å². The van der Waals surface area contributed by atoms with Crippen LogP contribution < -0.4 is 10.4 Å². The third kappa shape index (κ3) is 8.29. The second-order valence-corrected chi connectivity index (χ2v) is 25.4. The summed E-state index contributed by atoms with van der Waals surface area (Å²) < 4.78 is 0. The van der Waals surface area contributed by atoms with Crippen LogP contribution in [0.4, 0.5) is 0 Å². The van der Waals surface area contributed by atoms with Crippen LogP contribution in [0.25, 0.3) is 5.57 Å². The molecule has 0 aliphatic heterocycles. The number of hydrogen-bond donors (Lipinski definition) is 0. The van der Waals surface area contributed by atoms with Crippen molar-refractivity contribution in [3.05, 3.63) is 146 Å². The van der Waals surface area contributed by atoms with Crippen LogP contribution in [0, 0.1) is 23.0 Å². The molecule has 4 heteroatoms. The van der Waals surface area contributed by atoms with Gasteiger partial charge in [-0.05, 0) is 36.8 Å². The van der Waals surface area contributed by atoms with Crippen LogP contribution in [-0.4, -0.2) is 59.7 Å². The van der Waals surface area contributed by atoms with Crippen LogP contribution in [0.15, 0.2) is 123 Å². The van der Waals surface area contributed by atoms with Crippen molar-refractivity contribution in [3.63, 3.8) is 0 Å². The first-order valence-corrected chi connectivity index (χ1v) is 24.6. The van der Waals surface area contributed by atoms with Crippen LogP contribution in [0.1, 0.15) is 97.0 Å². The number of carbonyl (C=O) groups is 1. The molecule has 0 amide bonds. The first-order chi connectivity index (χ1) is 23.4. The van der Waals surface area contributed by atoms with Gasteiger partial charge in [-0.2, -0.15) is 11.1 Å². The quantitative estimate of drug-likeness (QED) is 0.193. The third-order valence-electron chi connectivity index (χ3n) is 12.1. The SMILES string of the molecule is CC1=C(C)C(C)(C)[C-]=C1[Si](C)(C)c1ccccc1.CC1=C(C)C(C)(C)[C-]=C1[Si](C)(C)c1ccccc1.O=C1C2=C(CCCC2)c2ccccc21.[Ca+2]. The van der Waals surface area contributed by atoms with Crippen molar-refractivity contribution >= 4 is 75.6 Å². The Labute approximate surface area is 342 Å². The zero-order valence-electron chi connectivity index (χ0n) is 33.5.